The van der Waals surface area contributed by atoms with E-state index in [0.29, 0.717) is 19.5 Å². The topological polar surface area (TPSA) is 67.2 Å². The minimum atomic E-state index is 0.0244. The maximum atomic E-state index is 11.9. The first-order chi connectivity index (χ1) is 9.34. The zero-order chi connectivity index (χ0) is 15.2. The third kappa shape index (κ3) is 5.74. The lowest BCUT2D eigenvalue weighted by Crippen LogP contribution is -2.34. The van der Waals surface area contributed by atoms with Crippen molar-refractivity contribution in [2.45, 2.75) is 53.5 Å². The van der Waals surface area contributed by atoms with Crippen LogP contribution in [0.2, 0.25) is 0 Å². The van der Waals surface area contributed by atoms with Crippen LogP contribution in [0.5, 0.6) is 0 Å². The second kappa shape index (κ2) is 7.43. The SMILES string of the molecule is Cc1cc(C)n(CCC(=O)NCC(C)(C)CCCO)n1. The van der Waals surface area contributed by atoms with Gasteiger partial charge in [0.1, 0.15) is 0 Å². The molecule has 5 heteroatoms. The molecule has 0 aromatic carbocycles. The van der Waals surface area contributed by atoms with Crippen molar-refractivity contribution in [3.63, 3.8) is 0 Å². The normalized spacial score (nSPS) is 11.7. The van der Waals surface area contributed by atoms with Gasteiger partial charge in [-0.15, -0.1) is 0 Å². The van der Waals surface area contributed by atoms with E-state index >= 15 is 0 Å². The van der Waals surface area contributed by atoms with Gasteiger partial charge in [-0.25, -0.2) is 0 Å². The molecule has 0 spiro atoms. The zero-order valence-electron chi connectivity index (χ0n) is 13.1. The summed E-state index contributed by atoms with van der Waals surface area (Å²) in [5.74, 6) is 0.0506. The molecular formula is C15H27N3O2. The lowest BCUT2D eigenvalue weighted by Gasteiger charge is -2.24. The van der Waals surface area contributed by atoms with Gasteiger partial charge in [-0.2, -0.15) is 5.10 Å². The molecular weight excluding hydrogens is 254 g/mol. The Bertz CT molecular complexity index is 438. The molecule has 0 unspecified atom stereocenters. The van der Waals surface area contributed by atoms with Crippen LogP contribution >= 0.6 is 0 Å². The summed E-state index contributed by atoms with van der Waals surface area (Å²) in [5.41, 5.74) is 2.09. The van der Waals surface area contributed by atoms with E-state index < -0.39 is 0 Å². The fraction of sp³-hybridized carbons (Fsp3) is 0.733. The minimum absolute atomic E-state index is 0.0244. The molecule has 0 saturated carbocycles. The van der Waals surface area contributed by atoms with E-state index in [4.69, 9.17) is 5.11 Å². The zero-order valence-corrected chi connectivity index (χ0v) is 13.1. The fourth-order valence-corrected chi connectivity index (χ4v) is 2.18. The Balaban J connectivity index is 2.32. The molecule has 5 nitrogen and oxygen atoms in total. The molecule has 1 amide bonds. The first-order valence-corrected chi connectivity index (χ1v) is 7.23. The Morgan fingerprint density at radius 2 is 2.15 bits per heavy atom. The molecule has 1 aromatic heterocycles. The van der Waals surface area contributed by atoms with E-state index in [9.17, 15) is 4.79 Å². The average molecular weight is 281 g/mol. The van der Waals surface area contributed by atoms with Gasteiger partial charge < -0.3 is 10.4 Å². The number of hydrogen-bond acceptors (Lipinski definition) is 3. The third-order valence-corrected chi connectivity index (χ3v) is 3.43. The van der Waals surface area contributed by atoms with Crippen molar-refractivity contribution < 1.29 is 9.90 Å². The first-order valence-electron chi connectivity index (χ1n) is 7.23. The number of amides is 1. The Morgan fingerprint density at radius 1 is 1.45 bits per heavy atom. The largest absolute Gasteiger partial charge is 0.396 e. The van der Waals surface area contributed by atoms with E-state index in [-0.39, 0.29) is 17.9 Å². The number of nitrogens with zero attached hydrogens (tertiary/aromatic N) is 2. The molecule has 0 radical (unpaired) electrons. The van der Waals surface area contributed by atoms with Crippen molar-refractivity contribution in [3.8, 4) is 0 Å². The van der Waals surface area contributed by atoms with Crippen LogP contribution in [0.3, 0.4) is 0 Å². The van der Waals surface area contributed by atoms with Crippen LogP contribution in [0.15, 0.2) is 6.07 Å². The van der Waals surface area contributed by atoms with Gasteiger partial charge in [-0.3, -0.25) is 9.48 Å². The number of aliphatic hydroxyl groups is 1. The van der Waals surface area contributed by atoms with E-state index in [1.165, 1.54) is 0 Å². The van der Waals surface area contributed by atoms with Crippen LogP contribution in [-0.4, -0.2) is 33.9 Å². The van der Waals surface area contributed by atoms with Gasteiger partial charge in [0.2, 0.25) is 5.91 Å². The van der Waals surface area contributed by atoms with Gasteiger partial charge in [0.15, 0.2) is 0 Å². The summed E-state index contributed by atoms with van der Waals surface area (Å²) in [6, 6.07) is 2.01. The fourth-order valence-electron chi connectivity index (χ4n) is 2.18. The molecule has 1 rings (SSSR count). The van der Waals surface area contributed by atoms with E-state index in [1.807, 2.05) is 24.6 Å². The average Bonchev–Trinajstić information content (AvgIpc) is 2.70. The van der Waals surface area contributed by atoms with Gasteiger partial charge in [0.25, 0.3) is 0 Å². The molecule has 0 bridgehead atoms. The molecule has 2 N–H and O–H groups in total. The monoisotopic (exact) mass is 281 g/mol. The molecule has 0 atom stereocenters. The van der Waals surface area contributed by atoms with Gasteiger partial charge in [0.05, 0.1) is 5.69 Å². The lowest BCUT2D eigenvalue weighted by atomic mass is 9.88. The Kier molecular flexibility index (Phi) is 6.20. The molecule has 0 fully saturated rings. The summed E-state index contributed by atoms with van der Waals surface area (Å²) >= 11 is 0. The van der Waals surface area contributed by atoms with Crippen LogP contribution in [0.1, 0.15) is 44.5 Å². The van der Waals surface area contributed by atoms with Gasteiger partial charge in [-0.1, -0.05) is 13.8 Å². The van der Waals surface area contributed by atoms with Crippen LogP contribution < -0.4 is 5.32 Å². The highest BCUT2D eigenvalue weighted by Gasteiger charge is 2.18. The summed E-state index contributed by atoms with van der Waals surface area (Å²) in [6.45, 7) is 9.61. The second-order valence-corrected chi connectivity index (χ2v) is 6.17. The lowest BCUT2D eigenvalue weighted by molar-refractivity contribution is -0.121. The standard InChI is InChI=1S/C15H27N3O2/c1-12-10-13(2)18(17-12)8-6-14(20)16-11-15(3,4)7-5-9-19/h10,19H,5-9,11H2,1-4H3,(H,16,20). The van der Waals surface area contributed by atoms with E-state index in [1.54, 1.807) is 0 Å². The minimum Gasteiger partial charge on any atom is -0.396 e. The van der Waals surface area contributed by atoms with Crippen molar-refractivity contribution in [1.29, 1.82) is 0 Å². The first kappa shape index (κ1) is 16.7. The Morgan fingerprint density at radius 3 is 2.70 bits per heavy atom. The second-order valence-electron chi connectivity index (χ2n) is 6.17. The molecule has 0 aliphatic carbocycles. The number of hydrogen-bond donors (Lipinski definition) is 2. The van der Waals surface area contributed by atoms with Crippen molar-refractivity contribution >= 4 is 5.91 Å². The van der Waals surface area contributed by atoms with E-state index in [2.05, 4.69) is 24.3 Å². The summed E-state index contributed by atoms with van der Waals surface area (Å²) in [7, 11) is 0. The summed E-state index contributed by atoms with van der Waals surface area (Å²) in [5, 5.41) is 16.2. The van der Waals surface area contributed by atoms with Crippen molar-refractivity contribution in [3.05, 3.63) is 17.5 Å². The van der Waals surface area contributed by atoms with E-state index in [0.717, 1.165) is 24.2 Å². The van der Waals surface area contributed by atoms with Crippen LogP contribution in [0.4, 0.5) is 0 Å². The molecule has 0 saturated heterocycles. The number of carbonyl (C=O) groups is 1. The molecule has 0 aliphatic rings. The summed E-state index contributed by atoms with van der Waals surface area (Å²) < 4.78 is 1.87. The van der Waals surface area contributed by atoms with Gasteiger partial charge in [0, 0.05) is 31.8 Å². The molecule has 0 aliphatic heterocycles. The molecule has 1 aromatic rings. The van der Waals surface area contributed by atoms with Gasteiger partial charge in [-0.05, 0) is 38.2 Å². The number of aliphatic hydroxyl groups excluding tert-OH is 1. The van der Waals surface area contributed by atoms with Crippen molar-refractivity contribution in [2.24, 2.45) is 5.41 Å². The smallest absolute Gasteiger partial charge is 0.221 e. The highest BCUT2D eigenvalue weighted by molar-refractivity contribution is 5.75. The number of aryl methyl sites for hydroxylation is 3. The van der Waals surface area contributed by atoms with Crippen molar-refractivity contribution in [1.82, 2.24) is 15.1 Å². The number of nitrogens with one attached hydrogen (secondary N) is 1. The van der Waals surface area contributed by atoms with Crippen LogP contribution in [-0.2, 0) is 11.3 Å². The number of rotatable bonds is 8. The third-order valence-electron chi connectivity index (χ3n) is 3.43. The van der Waals surface area contributed by atoms with Crippen LogP contribution in [0.25, 0.3) is 0 Å². The summed E-state index contributed by atoms with van der Waals surface area (Å²) in [6.07, 6.45) is 2.12. The maximum Gasteiger partial charge on any atom is 0.221 e. The predicted octanol–water partition coefficient (Wildman–Crippen LogP) is 1.80. The Hall–Kier alpha value is -1.36. The summed E-state index contributed by atoms with van der Waals surface area (Å²) in [4.78, 5) is 11.9. The van der Waals surface area contributed by atoms with Crippen LogP contribution in [0, 0.1) is 19.3 Å². The van der Waals surface area contributed by atoms with Gasteiger partial charge >= 0.3 is 0 Å². The molecule has 114 valence electrons. The predicted molar refractivity (Wildman–Crippen MR) is 79.4 cm³/mol. The highest BCUT2D eigenvalue weighted by atomic mass is 16.2. The number of carbonyl (C=O) groups excluding carboxylic acids is 1. The Labute approximate surface area is 121 Å². The molecule has 20 heavy (non-hydrogen) atoms. The number of aromatic nitrogens is 2. The van der Waals surface area contributed by atoms with Crippen molar-refractivity contribution in [2.75, 3.05) is 13.2 Å². The maximum absolute atomic E-state index is 11.9. The quantitative estimate of drug-likeness (QED) is 0.763. The highest BCUT2D eigenvalue weighted by Crippen LogP contribution is 2.20. The molecule has 1 heterocycles.